The number of amides is 2. The zero-order valence-corrected chi connectivity index (χ0v) is 21.9. The van der Waals surface area contributed by atoms with Gasteiger partial charge in [0.1, 0.15) is 11.0 Å². The number of anilines is 1. The minimum Gasteiger partial charge on any atom is -0.497 e. The molecule has 2 unspecified atom stereocenters. The smallest absolute Gasteiger partial charge is 0.262 e. The molecule has 0 aromatic heterocycles. The van der Waals surface area contributed by atoms with E-state index in [-0.39, 0.29) is 24.3 Å². The first-order valence-corrected chi connectivity index (χ1v) is 13.1. The van der Waals surface area contributed by atoms with Crippen LogP contribution in [0.1, 0.15) is 35.6 Å². The van der Waals surface area contributed by atoms with E-state index in [9.17, 15) is 9.59 Å². The van der Waals surface area contributed by atoms with Crippen LogP contribution in [0.25, 0.3) is 0 Å². The molecule has 37 heavy (non-hydrogen) atoms. The van der Waals surface area contributed by atoms with Gasteiger partial charge in [0.05, 0.1) is 18.9 Å². The molecular weight excluding hydrogens is 508 g/mol. The molecule has 2 aliphatic heterocycles. The molecule has 188 valence electrons. The predicted octanol–water partition coefficient (Wildman–Crippen LogP) is 5.83. The summed E-state index contributed by atoms with van der Waals surface area (Å²) in [5, 5.41) is 9.99. The number of hydrogen-bond donors (Lipinski definition) is 1. The molecule has 9 heteroatoms. The Morgan fingerprint density at radius 2 is 1.78 bits per heavy atom. The third kappa shape index (κ3) is 5.70. The molecule has 1 N–H and O–H groups in total. The van der Waals surface area contributed by atoms with Crippen molar-refractivity contribution in [3.63, 3.8) is 0 Å². The zero-order valence-electron chi connectivity index (χ0n) is 20.3. The number of rotatable bonds is 6. The number of ether oxygens (including phenoxy) is 1. The highest BCUT2D eigenvalue weighted by Crippen LogP contribution is 2.39. The van der Waals surface area contributed by atoms with Gasteiger partial charge in [-0.05, 0) is 54.4 Å². The van der Waals surface area contributed by atoms with Crippen LogP contribution in [0.3, 0.4) is 0 Å². The fourth-order valence-corrected chi connectivity index (χ4v) is 5.40. The number of nitrogens with one attached hydrogen (secondary N) is 1. The lowest BCUT2D eigenvalue weighted by Crippen LogP contribution is -2.25. The molecule has 0 aliphatic carbocycles. The van der Waals surface area contributed by atoms with Gasteiger partial charge in [0, 0.05) is 23.6 Å². The summed E-state index contributed by atoms with van der Waals surface area (Å²) >= 11 is 7.19. The van der Waals surface area contributed by atoms with Crippen LogP contribution < -0.4 is 10.1 Å². The maximum atomic E-state index is 12.8. The first kappa shape index (κ1) is 25.0. The molecule has 5 rings (SSSR count). The Hall–Kier alpha value is -3.62. The average Bonchev–Trinajstić information content (AvgIpc) is 3.50. The number of carbonyl (C=O) groups is 2. The maximum Gasteiger partial charge on any atom is 0.262 e. The van der Waals surface area contributed by atoms with Crippen molar-refractivity contribution in [3.8, 4) is 5.75 Å². The topological polar surface area (TPSA) is 83.4 Å². The number of aliphatic imine (C=N–C) groups is 1. The van der Waals surface area contributed by atoms with E-state index in [1.54, 1.807) is 31.4 Å². The number of nitrogens with zero attached hydrogens (tertiary/aromatic N) is 3. The highest BCUT2D eigenvalue weighted by atomic mass is 35.5. The SMILES string of the molecule is COc1ccc(C2CC(c3ccc(C)cc3)=NN2C2=NC(=O)C(CC(=O)Nc3ccc(Cl)cc3)S2)cc1. The van der Waals surface area contributed by atoms with Crippen LogP contribution in [0.15, 0.2) is 82.9 Å². The van der Waals surface area contributed by atoms with Crippen LogP contribution >= 0.6 is 23.4 Å². The van der Waals surface area contributed by atoms with Crippen LogP contribution in [0.2, 0.25) is 5.02 Å². The molecule has 3 aromatic rings. The summed E-state index contributed by atoms with van der Waals surface area (Å²) < 4.78 is 5.31. The highest BCUT2D eigenvalue weighted by molar-refractivity contribution is 8.15. The lowest BCUT2D eigenvalue weighted by atomic mass is 9.98. The largest absolute Gasteiger partial charge is 0.497 e. The Labute approximate surface area is 224 Å². The van der Waals surface area contributed by atoms with E-state index < -0.39 is 5.25 Å². The second-order valence-electron chi connectivity index (χ2n) is 8.85. The van der Waals surface area contributed by atoms with Crippen LogP contribution in [0.5, 0.6) is 5.75 Å². The van der Waals surface area contributed by atoms with Crippen molar-refractivity contribution in [2.45, 2.75) is 31.1 Å². The second kappa shape index (κ2) is 10.8. The minimum atomic E-state index is -0.613. The molecule has 2 atom stereocenters. The Balaban J connectivity index is 1.35. The van der Waals surface area contributed by atoms with E-state index in [2.05, 4.69) is 34.6 Å². The fraction of sp³-hybridized carbons (Fsp3) is 0.214. The number of aryl methyl sites for hydroxylation is 1. The van der Waals surface area contributed by atoms with Crippen molar-refractivity contribution < 1.29 is 14.3 Å². The fourth-order valence-electron chi connectivity index (χ4n) is 4.21. The molecule has 2 heterocycles. The number of carbonyl (C=O) groups excluding carboxylic acids is 2. The van der Waals surface area contributed by atoms with Crippen molar-refractivity contribution in [1.29, 1.82) is 0 Å². The summed E-state index contributed by atoms with van der Waals surface area (Å²) in [4.78, 5) is 29.7. The van der Waals surface area contributed by atoms with Crippen LogP contribution in [0.4, 0.5) is 5.69 Å². The van der Waals surface area contributed by atoms with Crippen molar-refractivity contribution in [3.05, 3.63) is 94.5 Å². The third-order valence-corrected chi connectivity index (χ3v) is 7.61. The maximum absolute atomic E-state index is 12.8. The molecule has 0 bridgehead atoms. The summed E-state index contributed by atoms with van der Waals surface area (Å²) in [5.74, 6) is 0.169. The molecule has 2 amide bonds. The lowest BCUT2D eigenvalue weighted by molar-refractivity contribution is -0.121. The van der Waals surface area contributed by atoms with Crippen molar-refractivity contribution in [2.75, 3.05) is 12.4 Å². The van der Waals surface area contributed by atoms with Gasteiger partial charge in [0.25, 0.3) is 5.91 Å². The number of halogens is 1. The molecular formula is C28H25ClN4O3S. The van der Waals surface area contributed by atoms with Gasteiger partial charge in [-0.1, -0.05) is 65.3 Å². The molecule has 0 radical (unpaired) electrons. The summed E-state index contributed by atoms with van der Waals surface area (Å²) in [6.45, 7) is 2.05. The van der Waals surface area contributed by atoms with Gasteiger partial charge >= 0.3 is 0 Å². The zero-order chi connectivity index (χ0) is 25.9. The molecule has 0 saturated heterocycles. The predicted molar refractivity (Wildman–Crippen MR) is 148 cm³/mol. The van der Waals surface area contributed by atoms with Crippen molar-refractivity contribution in [1.82, 2.24) is 5.01 Å². The van der Waals surface area contributed by atoms with Gasteiger partial charge in [-0.25, -0.2) is 5.01 Å². The van der Waals surface area contributed by atoms with Gasteiger partial charge in [0.15, 0.2) is 5.17 Å². The highest BCUT2D eigenvalue weighted by Gasteiger charge is 2.39. The van der Waals surface area contributed by atoms with Gasteiger partial charge < -0.3 is 10.1 Å². The second-order valence-corrected chi connectivity index (χ2v) is 10.5. The lowest BCUT2D eigenvalue weighted by Gasteiger charge is -2.23. The number of hydrazone groups is 1. The minimum absolute atomic E-state index is 0.00863. The monoisotopic (exact) mass is 532 g/mol. The third-order valence-electron chi connectivity index (χ3n) is 6.22. The van der Waals surface area contributed by atoms with E-state index in [4.69, 9.17) is 21.4 Å². The molecule has 0 spiro atoms. The average molecular weight is 533 g/mol. The number of benzene rings is 3. The first-order valence-electron chi connectivity index (χ1n) is 11.8. The molecule has 0 saturated carbocycles. The van der Waals surface area contributed by atoms with E-state index in [0.717, 1.165) is 22.6 Å². The summed E-state index contributed by atoms with van der Waals surface area (Å²) in [7, 11) is 1.63. The number of thioether (sulfide) groups is 1. The molecule has 0 fully saturated rings. The van der Waals surface area contributed by atoms with Gasteiger partial charge in [-0.2, -0.15) is 10.1 Å². The first-order chi connectivity index (χ1) is 17.9. The number of hydrogen-bond acceptors (Lipinski definition) is 6. The van der Waals surface area contributed by atoms with Gasteiger partial charge in [-0.3, -0.25) is 9.59 Å². The van der Waals surface area contributed by atoms with Crippen LogP contribution in [0, 0.1) is 6.92 Å². The van der Waals surface area contributed by atoms with E-state index in [1.165, 1.54) is 17.3 Å². The van der Waals surface area contributed by atoms with E-state index in [1.807, 2.05) is 36.2 Å². The van der Waals surface area contributed by atoms with Crippen LogP contribution in [-0.2, 0) is 9.59 Å². The Kier molecular flexibility index (Phi) is 7.30. The molecule has 7 nitrogen and oxygen atoms in total. The standard InChI is InChI=1S/C28H25ClN4O3S/c1-17-3-5-18(6-4-17)23-15-24(19-7-13-22(36-2)14-8-19)33(32-23)28-31-27(35)25(37-28)16-26(34)30-21-11-9-20(29)10-12-21/h3-14,24-25H,15-16H2,1-2H3,(H,30,34). The Bertz CT molecular complexity index is 1370. The molecule has 3 aromatic carbocycles. The number of methoxy groups -OCH3 is 1. The van der Waals surface area contributed by atoms with Gasteiger partial charge in [-0.15, -0.1) is 0 Å². The molecule has 2 aliphatic rings. The Morgan fingerprint density at radius 1 is 1.08 bits per heavy atom. The van der Waals surface area contributed by atoms with Gasteiger partial charge in [0.2, 0.25) is 5.91 Å². The van der Waals surface area contributed by atoms with Crippen LogP contribution in [-0.4, -0.2) is 40.1 Å². The van der Waals surface area contributed by atoms with E-state index >= 15 is 0 Å². The van der Waals surface area contributed by atoms with Crippen molar-refractivity contribution in [2.24, 2.45) is 10.1 Å². The van der Waals surface area contributed by atoms with E-state index in [0.29, 0.717) is 22.3 Å². The normalized spacial score (nSPS) is 19.0. The summed E-state index contributed by atoms with van der Waals surface area (Å²) in [6, 6.07) is 22.8. The quantitative estimate of drug-likeness (QED) is 0.431. The summed E-state index contributed by atoms with van der Waals surface area (Å²) in [5.41, 5.74) is 4.77. The van der Waals surface area contributed by atoms with Crippen molar-refractivity contribution >= 4 is 51.7 Å². The number of amidine groups is 1. The Morgan fingerprint density at radius 3 is 2.46 bits per heavy atom. The summed E-state index contributed by atoms with van der Waals surface area (Å²) in [6.07, 6.45) is 0.666.